The van der Waals surface area contributed by atoms with Crippen molar-refractivity contribution in [2.24, 2.45) is 10.4 Å². The van der Waals surface area contributed by atoms with Crippen LogP contribution in [0.2, 0.25) is 0 Å². The van der Waals surface area contributed by atoms with Crippen molar-refractivity contribution in [3.63, 3.8) is 0 Å². The number of aliphatic imine (C=N–C) groups is 1. The quantitative estimate of drug-likeness (QED) is 0.652. The molecule has 0 spiro atoms. The smallest absolute Gasteiger partial charge is 0.139 e. The van der Waals surface area contributed by atoms with Crippen molar-refractivity contribution in [2.75, 3.05) is 6.54 Å². The van der Waals surface area contributed by atoms with E-state index in [9.17, 15) is 4.79 Å². The van der Waals surface area contributed by atoms with Crippen molar-refractivity contribution < 1.29 is 4.79 Å². The van der Waals surface area contributed by atoms with E-state index in [0.29, 0.717) is 12.2 Å². The van der Waals surface area contributed by atoms with Crippen molar-refractivity contribution in [2.45, 2.75) is 65.7 Å². The molecule has 2 nitrogen and oxygen atoms in total. The van der Waals surface area contributed by atoms with Gasteiger partial charge in [0.1, 0.15) is 5.78 Å². The minimum atomic E-state index is 0.136. The maximum Gasteiger partial charge on any atom is 0.139 e. The molecule has 1 aliphatic carbocycles. The van der Waals surface area contributed by atoms with Crippen LogP contribution in [0.5, 0.6) is 0 Å². The van der Waals surface area contributed by atoms with Gasteiger partial charge in [0, 0.05) is 25.1 Å². The highest BCUT2D eigenvalue weighted by Gasteiger charge is 2.29. The molecule has 92 valence electrons. The molecule has 0 atom stereocenters. The maximum absolute atomic E-state index is 11.5. The standard InChI is InChI=1S/C14H25NO/c1-4-5-6-7-8-15-12-9-13(16)11-14(2,3)10-12/h4-11H2,1-3H3. The van der Waals surface area contributed by atoms with Crippen LogP contribution in [0.25, 0.3) is 0 Å². The molecule has 0 aromatic heterocycles. The van der Waals surface area contributed by atoms with Crippen LogP contribution in [-0.4, -0.2) is 18.0 Å². The number of hydrogen-bond donors (Lipinski definition) is 0. The summed E-state index contributed by atoms with van der Waals surface area (Å²) in [6.07, 6.45) is 7.35. The Morgan fingerprint density at radius 3 is 2.56 bits per heavy atom. The van der Waals surface area contributed by atoms with Gasteiger partial charge in [-0.3, -0.25) is 9.79 Å². The molecule has 0 heterocycles. The van der Waals surface area contributed by atoms with Gasteiger partial charge in [-0.05, 0) is 18.3 Å². The van der Waals surface area contributed by atoms with Gasteiger partial charge in [0.25, 0.3) is 0 Å². The van der Waals surface area contributed by atoms with E-state index in [1.165, 1.54) is 25.7 Å². The van der Waals surface area contributed by atoms with Crippen molar-refractivity contribution in [1.29, 1.82) is 0 Å². The molecule has 1 aliphatic rings. The lowest BCUT2D eigenvalue weighted by molar-refractivity contribution is -0.120. The fourth-order valence-corrected chi connectivity index (χ4v) is 2.39. The molecule has 1 fully saturated rings. The zero-order chi connectivity index (χ0) is 12.0. The average molecular weight is 223 g/mol. The highest BCUT2D eigenvalue weighted by Crippen LogP contribution is 2.31. The highest BCUT2D eigenvalue weighted by atomic mass is 16.1. The lowest BCUT2D eigenvalue weighted by Gasteiger charge is -2.29. The average Bonchev–Trinajstić information content (AvgIpc) is 2.14. The minimum absolute atomic E-state index is 0.136. The van der Waals surface area contributed by atoms with Gasteiger partial charge in [-0.25, -0.2) is 0 Å². The first kappa shape index (κ1) is 13.4. The fourth-order valence-electron chi connectivity index (χ4n) is 2.39. The maximum atomic E-state index is 11.5. The number of carbonyl (C=O) groups excluding carboxylic acids is 1. The van der Waals surface area contributed by atoms with Gasteiger partial charge in [0.2, 0.25) is 0 Å². The van der Waals surface area contributed by atoms with E-state index in [-0.39, 0.29) is 5.41 Å². The molecule has 0 aromatic rings. The number of hydrogen-bond acceptors (Lipinski definition) is 2. The van der Waals surface area contributed by atoms with Crippen LogP contribution in [0.3, 0.4) is 0 Å². The number of carbonyl (C=O) groups is 1. The Hall–Kier alpha value is -0.660. The van der Waals surface area contributed by atoms with Gasteiger partial charge in [-0.1, -0.05) is 40.0 Å². The Bertz CT molecular complexity index is 266. The topological polar surface area (TPSA) is 29.4 Å². The summed E-state index contributed by atoms with van der Waals surface area (Å²) in [6.45, 7) is 7.46. The lowest BCUT2D eigenvalue weighted by Crippen LogP contribution is -2.29. The van der Waals surface area contributed by atoms with E-state index in [4.69, 9.17) is 0 Å². The van der Waals surface area contributed by atoms with Gasteiger partial charge < -0.3 is 0 Å². The zero-order valence-corrected chi connectivity index (χ0v) is 11.0. The summed E-state index contributed by atoms with van der Waals surface area (Å²) >= 11 is 0. The summed E-state index contributed by atoms with van der Waals surface area (Å²) in [5.74, 6) is 0.364. The molecule has 0 unspecified atom stereocenters. The number of ketones is 1. The molecule has 2 heteroatoms. The number of nitrogens with zero attached hydrogens (tertiary/aromatic N) is 1. The molecule has 16 heavy (non-hydrogen) atoms. The van der Waals surface area contributed by atoms with E-state index in [2.05, 4.69) is 25.8 Å². The van der Waals surface area contributed by atoms with E-state index >= 15 is 0 Å². The third-order valence-electron chi connectivity index (χ3n) is 3.11. The van der Waals surface area contributed by atoms with Crippen LogP contribution < -0.4 is 0 Å². The summed E-state index contributed by atoms with van der Waals surface area (Å²) in [4.78, 5) is 16.1. The second-order valence-electron chi connectivity index (χ2n) is 5.74. The van der Waals surface area contributed by atoms with Gasteiger partial charge in [-0.2, -0.15) is 0 Å². The largest absolute Gasteiger partial charge is 0.299 e. The van der Waals surface area contributed by atoms with Crippen LogP contribution in [0.4, 0.5) is 0 Å². The number of rotatable bonds is 5. The number of unbranched alkanes of at least 4 members (excludes halogenated alkanes) is 3. The van der Waals surface area contributed by atoms with Crippen LogP contribution >= 0.6 is 0 Å². The predicted octanol–water partition coefficient (Wildman–Crippen LogP) is 3.79. The first-order valence-electron chi connectivity index (χ1n) is 6.57. The SMILES string of the molecule is CCCCCCN=C1CC(=O)CC(C)(C)C1. The second-order valence-corrected chi connectivity index (χ2v) is 5.74. The normalized spacial score (nSPS) is 22.7. The van der Waals surface area contributed by atoms with Gasteiger partial charge in [0.05, 0.1) is 0 Å². The van der Waals surface area contributed by atoms with Gasteiger partial charge in [0.15, 0.2) is 0 Å². The van der Waals surface area contributed by atoms with E-state index < -0.39 is 0 Å². The molecular weight excluding hydrogens is 198 g/mol. The Labute approximate surface area is 99.5 Å². The summed E-state index contributed by atoms with van der Waals surface area (Å²) in [5.41, 5.74) is 1.27. The van der Waals surface area contributed by atoms with Crippen molar-refractivity contribution in [1.82, 2.24) is 0 Å². The summed E-state index contributed by atoms with van der Waals surface area (Å²) in [5, 5.41) is 0. The molecule has 0 amide bonds. The molecule has 0 bridgehead atoms. The summed E-state index contributed by atoms with van der Waals surface area (Å²) in [7, 11) is 0. The van der Waals surface area contributed by atoms with E-state index in [0.717, 1.165) is 25.1 Å². The van der Waals surface area contributed by atoms with E-state index in [1.807, 2.05) is 0 Å². The Morgan fingerprint density at radius 1 is 1.19 bits per heavy atom. The molecule has 1 rings (SSSR count). The molecule has 0 saturated heterocycles. The Morgan fingerprint density at radius 2 is 1.94 bits per heavy atom. The van der Waals surface area contributed by atoms with Gasteiger partial charge >= 0.3 is 0 Å². The number of Topliss-reactive ketones (excluding diaryl/α,β-unsaturated/α-hetero) is 1. The first-order valence-corrected chi connectivity index (χ1v) is 6.57. The molecule has 0 radical (unpaired) electrons. The van der Waals surface area contributed by atoms with Crippen molar-refractivity contribution in [3.8, 4) is 0 Å². The second kappa shape index (κ2) is 6.17. The van der Waals surface area contributed by atoms with Crippen LogP contribution in [-0.2, 0) is 4.79 Å². The zero-order valence-electron chi connectivity index (χ0n) is 11.0. The molecular formula is C14H25NO. The lowest BCUT2D eigenvalue weighted by atomic mass is 9.76. The summed E-state index contributed by atoms with van der Waals surface area (Å²) < 4.78 is 0. The highest BCUT2D eigenvalue weighted by molar-refractivity contribution is 6.04. The molecule has 0 N–H and O–H groups in total. The first-order chi connectivity index (χ1) is 7.53. The van der Waals surface area contributed by atoms with Crippen LogP contribution in [0, 0.1) is 5.41 Å². The molecule has 0 aliphatic heterocycles. The van der Waals surface area contributed by atoms with E-state index in [1.54, 1.807) is 0 Å². The minimum Gasteiger partial charge on any atom is -0.299 e. The van der Waals surface area contributed by atoms with Gasteiger partial charge in [-0.15, -0.1) is 0 Å². The third kappa shape index (κ3) is 4.91. The van der Waals surface area contributed by atoms with Crippen molar-refractivity contribution >= 4 is 11.5 Å². The van der Waals surface area contributed by atoms with Crippen molar-refractivity contribution in [3.05, 3.63) is 0 Å². The fraction of sp³-hybridized carbons (Fsp3) is 0.857. The van der Waals surface area contributed by atoms with Crippen LogP contribution in [0.15, 0.2) is 4.99 Å². The third-order valence-corrected chi connectivity index (χ3v) is 3.11. The molecule has 1 saturated carbocycles. The Kier molecular flexibility index (Phi) is 5.17. The van der Waals surface area contributed by atoms with Crippen LogP contribution in [0.1, 0.15) is 65.7 Å². The predicted molar refractivity (Wildman–Crippen MR) is 69.1 cm³/mol. The Balaban J connectivity index is 2.35. The molecule has 0 aromatic carbocycles. The monoisotopic (exact) mass is 223 g/mol. The summed E-state index contributed by atoms with van der Waals surface area (Å²) in [6, 6.07) is 0.